The summed E-state index contributed by atoms with van der Waals surface area (Å²) in [6, 6.07) is 0. The number of hydrogen-bond donors (Lipinski definition) is 4. The molecule has 0 spiro atoms. The van der Waals surface area contributed by atoms with Crippen LogP contribution in [0.4, 0.5) is 0 Å². The second kappa shape index (κ2) is 8.07. The molecular weight excluding hydrogens is 147 g/mol. The van der Waals surface area contributed by atoms with E-state index < -0.39 is 14.4 Å². The van der Waals surface area contributed by atoms with Gasteiger partial charge in [0.05, 0.1) is 12.7 Å². The van der Waals surface area contributed by atoms with Gasteiger partial charge in [0.1, 0.15) is 0 Å². The predicted octanol–water partition coefficient (Wildman–Crippen LogP) is -1.28. The lowest BCUT2D eigenvalue weighted by atomic mass is 10.5. The van der Waals surface area contributed by atoms with Crippen LogP contribution < -0.4 is 0 Å². The molecule has 58 valence electrons. The van der Waals surface area contributed by atoms with Crippen molar-refractivity contribution in [3.63, 3.8) is 0 Å². The third-order valence-electron chi connectivity index (χ3n) is 0.264. The van der Waals surface area contributed by atoms with Crippen molar-refractivity contribution < 1.29 is 24.6 Å². The molecule has 0 amide bonds. The zero-order valence-electron chi connectivity index (χ0n) is 4.98. The van der Waals surface area contributed by atoms with E-state index in [9.17, 15) is 0 Å². The highest BCUT2D eigenvalue weighted by molar-refractivity contribution is 7.30. The second-order valence-corrected chi connectivity index (χ2v) is 1.88. The molecule has 0 rings (SSSR count). The van der Waals surface area contributed by atoms with Crippen LogP contribution in [0, 0.1) is 0 Å². The number of aliphatic hydroxyl groups is 2. The average Bonchev–Trinajstić information content (AvgIpc) is 1.65. The first-order valence-corrected chi connectivity index (χ1v) is 3.51. The van der Waals surface area contributed by atoms with Crippen LogP contribution in [0.5, 0.6) is 0 Å². The zero-order valence-corrected chi connectivity index (χ0v) is 5.98. The van der Waals surface area contributed by atoms with Gasteiger partial charge >= 0.3 is 8.25 Å². The molecule has 0 aromatic carbocycles. The van der Waals surface area contributed by atoms with Crippen LogP contribution in [0.25, 0.3) is 0 Å². The van der Waals surface area contributed by atoms with Gasteiger partial charge in [-0.25, -0.2) is 0 Å². The van der Waals surface area contributed by atoms with Crippen molar-refractivity contribution in [3.8, 4) is 0 Å². The lowest BCUT2D eigenvalue weighted by Gasteiger charge is -1.90. The highest BCUT2D eigenvalue weighted by Gasteiger charge is 1.83. The standard InChI is InChI=1S/C3H8O2.H3O3P/c1-3(5)2-4;1-4(2)3/h3-5H,2H2,1H3;4H,(H2,1,2,3). The van der Waals surface area contributed by atoms with Gasteiger partial charge in [0, 0.05) is 0 Å². The summed E-state index contributed by atoms with van der Waals surface area (Å²) in [6.07, 6.45) is -0.560. The molecule has 0 radical (unpaired) electrons. The quantitative estimate of drug-likeness (QED) is 0.356. The zero-order chi connectivity index (χ0) is 7.86. The van der Waals surface area contributed by atoms with E-state index in [2.05, 4.69) is 0 Å². The van der Waals surface area contributed by atoms with E-state index in [1.54, 1.807) is 0 Å². The van der Waals surface area contributed by atoms with E-state index in [4.69, 9.17) is 24.6 Å². The predicted molar refractivity (Wildman–Crippen MR) is 32.2 cm³/mol. The molecule has 0 heterocycles. The second-order valence-electron chi connectivity index (χ2n) is 1.31. The van der Waals surface area contributed by atoms with Crippen molar-refractivity contribution in [2.24, 2.45) is 0 Å². The smallest absolute Gasteiger partial charge is 0.314 e. The number of hydrogen-bond acceptors (Lipinski definition) is 3. The molecule has 0 bridgehead atoms. The summed E-state index contributed by atoms with van der Waals surface area (Å²) in [4.78, 5) is 14.3. The van der Waals surface area contributed by atoms with Crippen LogP contribution in [0.15, 0.2) is 0 Å². The SMILES string of the molecule is CC(O)CO.O=[PH](O)O. The maximum atomic E-state index is 8.74. The molecule has 9 heavy (non-hydrogen) atoms. The first kappa shape index (κ1) is 11.8. The van der Waals surface area contributed by atoms with Gasteiger partial charge in [0.25, 0.3) is 0 Å². The molecule has 1 atom stereocenters. The first-order valence-electron chi connectivity index (χ1n) is 2.21. The van der Waals surface area contributed by atoms with Gasteiger partial charge < -0.3 is 20.0 Å². The number of aliphatic hydroxyl groups excluding tert-OH is 2. The van der Waals surface area contributed by atoms with Gasteiger partial charge in [0.2, 0.25) is 0 Å². The molecule has 0 aromatic rings. The molecule has 4 N–H and O–H groups in total. The Hall–Kier alpha value is 0.0700. The largest absolute Gasteiger partial charge is 0.394 e. The summed E-state index contributed by atoms with van der Waals surface area (Å²) in [6.45, 7) is 1.39. The third kappa shape index (κ3) is 69.4. The van der Waals surface area contributed by atoms with Crippen LogP contribution >= 0.6 is 8.25 Å². The van der Waals surface area contributed by atoms with Crippen LogP contribution in [0.1, 0.15) is 6.92 Å². The van der Waals surface area contributed by atoms with Crippen molar-refractivity contribution in [2.45, 2.75) is 13.0 Å². The minimum Gasteiger partial charge on any atom is -0.394 e. The van der Waals surface area contributed by atoms with E-state index in [1.165, 1.54) is 6.92 Å². The van der Waals surface area contributed by atoms with Crippen LogP contribution in [-0.2, 0) is 4.57 Å². The molecule has 0 aliphatic heterocycles. The van der Waals surface area contributed by atoms with Crippen LogP contribution in [-0.4, -0.2) is 32.7 Å². The average molecular weight is 158 g/mol. The normalized spacial score (nSPS) is 12.2. The van der Waals surface area contributed by atoms with E-state index >= 15 is 0 Å². The van der Waals surface area contributed by atoms with Gasteiger partial charge in [-0.15, -0.1) is 0 Å². The monoisotopic (exact) mass is 158 g/mol. The first-order chi connectivity index (χ1) is 4.00. The Morgan fingerprint density at radius 2 is 1.67 bits per heavy atom. The molecule has 6 heteroatoms. The topological polar surface area (TPSA) is 98.0 Å². The van der Waals surface area contributed by atoms with Gasteiger partial charge in [-0.05, 0) is 6.92 Å². The molecule has 0 aliphatic carbocycles. The van der Waals surface area contributed by atoms with Crippen molar-refractivity contribution in [1.29, 1.82) is 0 Å². The van der Waals surface area contributed by atoms with Crippen LogP contribution in [0.2, 0.25) is 0 Å². The summed E-state index contributed by atoms with van der Waals surface area (Å²) in [7, 11) is -3.13. The van der Waals surface area contributed by atoms with Crippen molar-refractivity contribution in [1.82, 2.24) is 0 Å². The maximum absolute atomic E-state index is 8.74. The molecule has 0 saturated heterocycles. The lowest BCUT2D eigenvalue weighted by Crippen LogP contribution is -2.03. The Labute approximate surface area is 53.5 Å². The molecule has 0 aliphatic rings. The molecule has 1 unspecified atom stereocenters. The summed E-state index contributed by atoms with van der Waals surface area (Å²) in [5.74, 6) is 0. The summed E-state index contributed by atoms with van der Waals surface area (Å²) >= 11 is 0. The minimum atomic E-state index is -3.13. The molecule has 0 fully saturated rings. The molecule has 5 nitrogen and oxygen atoms in total. The fraction of sp³-hybridized carbons (Fsp3) is 1.00. The lowest BCUT2D eigenvalue weighted by molar-refractivity contribution is 0.110. The van der Waals surface area contributed by atoms with E-state index in [1.807, 2.05) is 0 Å². The van der Waals surface area contributed by atoms with Crippen molar-refractivity contribution in [2.75, 3.05) is 6.61 Å². The highest BCUT2D eigenvalue weighted by Crippen LogP contribution is 1.98. The Morgan fingerprint density at radius 3 is 1.67 bits per heavy atom. The van der Waals surface area contributed by atoms with Gasteiger partial charge in [0.15, 0.2) is 0 Å². The Morgan fingerprint density at radius 1 is 1.56 bits per heavy atom. The summed E-state index contributed by atoms with van der Waals surface area (Å²) in [5, 5.41) is 16.0. The van der Waals surface area contributed by atoms with E-state index in [-0.39, 0.29) is 6.61 Å². The van der Waals surface area contributed by atoms with Gasteiger partial charge in [-0.3, -0.25) is 4.57 Å². The molecule has 0 saturated carbocycles. The fourth-order valence-electron chi connectivity index (χ4n) is 0. The Bertz CT molecular complexity index is 68.6. The third-order valence-corrected chi connectivity index (χ3v) is 0.264. The van der Waals surface area contributed by atoms with E-state index in [0.717, 1.165) is 0 Å². The minimum absolute atomic E-state index is 0.139. The van der Waals surface area contributed by atoms with Crippen molar-refractivity contribution in [3.05, 3.63) is 0 Å². The summed E-state index contributed by atoms with van der Waals surface area (Å²) in [5.41, 5.74) is 0. The Kier molecular flexibility index (Phi) is 10.6. The molecular formula is C3H11O5P. The van der Waals surface area contributed by atoms with Gasteiger partial charge in [-0.1, -0.05) is 0 Å². The number of rotatable bonds is 1. The van der Waals surface area contributed by atoms with Crippen LogP contribution in [0.3, 0.4) is 0 Å². The summed E-state index contributed by atoms with van der Waals surface area (Å²) < 4.78 is 8.74. The maximum Gasteiger partial charge on any atom is 0.314 e. The Balaban J connectivity index is 0. The van der Waals surface area contributed by atoms with E-state index in [0.29, 0.717) is 0 Å². The van der Waals surface area contributed by atoms with Crippen molar-refractivity contribution >= 4 is 8.25 Å². The molecule has 0 aromatic heterocycles. The highest BCUT2D eigenvalue weighted by atomic mass is 31.1. The fourth-order valence-corrected chi connectivity index (χ4v) is 0. The van der Waals surface area contributed by atoms with Gasteiger partial charge in [-0.2, -0.15) is 0 Å².